The molecule has 3 aromatic heterocycles. The first-order chi connectivity index (χ1) is 18.6. The van der Waals surface area contributed by atoms with Crippen LogP contribution in [0.4, 0.5) is 17.6 Å². The zero-order valence-electron chi connectivity index (χ0n) is 22.3. The predicted molar refractivity (Wildman–Crippen MR) is 151 cm³/mol. The molecule has 0 amide bonds. The van der Waals surface area contributed by atoms with Crippen molar-refractivity contribution in [2.75, 3.05) is 17.2 Å². The van der Waals surface area contributed by atoms with E-state index in [1.807, 2.05) is 25.3 Å². The molecule has 0 spiro atoms. The van der Waals surface area contributed by atoms with Gasteiger partial charge in [-0.15, -0.1) is 0 Å². The summed E-state index contributed by atoms with van der Waals surface area (Å²) in [5, 5.41) is 24.5. The predicted octanol–water partition coefficient (Wildman–Crippen LogP) is 5.81. The highest BCUT2D eigenvalue weighted by Crippen LogP contribution is 2.32. The third-order valence-corrected chi connectivity index (χ3v) is 7.45. The van der Waals surface area contributed by atoms with E-state index in [-0.39, 0.29) is 6.04 Å². The van der Waals surface area contributed by atoms with Crippen molar-refractivity contribution in [3.05, 3.63) is 54.5 Å². The SMILES string of the molecule is CCC1CC(Nc2nc(Nc3cc(C)[nH]n3)c3ccc(-c4cccnc4)cc3n2)CC(CC)N1CCC#N. The van der Waals surface area contributed by atoms with Crippen LogP contribution in [0.1, 0.15) is 51.6 Å². The lowest BCUT2D eigenvalue weighted by Gasteiger charge is -2.45. The van der Waals surface area contributed by atoms with Crippen LogP contribution in [0.25, 0.3) is 22.0 Å². The molecule has 1 aliphatic rings. The van der Waals surface area contributed by atoms with Crippen molar-refractivity contribution in [1.82, 2.24) is 30.0 Å². The summed E-state index contributed by atoms with van der Waals surface area (Å²) in [5.41, 5.74) is 3.92. The molecule has 1 saturated heterocycles. The normalized spacial score (nSPS) is 19.8. The minimum atomic E-state index is 0.252. The van der Waals surface area contributed by atoms with Crippen LogP contribution in [-0.2, 0) is 0 Å². The molecular weight excluding hydrogens is 474 g/mol. The molecule has 1 fully saturated rings. The van der Waals surface area contributed by atoms with E-state index in [9.17, 15) is 0 Å². The van der Waals surface area contributed by atoms with Gasteiger partial charge in [-0.3, -0.25) is 15.0 Å². The molecule has 3 N–H and O–H groups in total. The number of rotatable bonds is 9. The molecule has 1 aliphatic heterocycles. The molecule has 0 saturated carbocycles. The summed E-state index contributed by atoms with van der Waals surface area (Å²) in [6, 6.07) is 15.6. The Morgan fingerprint density at radius 1 is 1.08 bits per heavy atom. The highest BCUT2D eigenvalue weighted by atomic mass is 15.2. The van der Waals surface area contributed by atoms with Crippen molar-refractivity contribution in [1.29, 1.82) is 5.26 Å². The van der Waals surface area contributed by atoms with Crippen LogP contribution in [0, 0.1) is 18.3 Å². The Kier molecular flexibility index (Phi) is 7.80. The Morgan fingerprint density at radius 3 is 2.55 bits per heavy atom. The van der Waals surface area contributed by atoms with E-state index in [2.05, 4.69) is 74.9 Å². The number of aromatic amines is 1. The van der Waals surface area contributed by atoms with Gasteiger partial charge in [-0.2, -0.15) is 15.3 Å². The molecule has 2 unspecified atom stereocenters. The average Bonchev–Trinajstić information content (AvgIpc) is 3.36. The summed E-state index contributed by atoms with van der Waals surface area (Å²) in [7, 11) is 0. The molecule has 9 heteroatoms. The van der Waals surface area contributed by atoms with Gasteiger partial charge in [0.05, 0.1) is 11.6 Å². The van der Waals surface area contributed by atoms with Crippen LogP contribution in [0.3, 0.4) is 0 Å². The summed E-state index contributed by atoms with van der Waals surface area (Å²) in [4.78, 5) is 16.7. The maximum absolute atomic E-state index is 9.15. The van der Waals surface area contributed by atoms with Gasteiger partial charge in [0.2, 0.25) is 5.95 Å². The number of aryl methyl sites for hydroxylation is 1. The Morgan fingerprint density at radius 2 is 1.89 bits per heavy atom. The zero-order chi connectivity index (χ0) is 26.5. The van der Waals surface area contributed by atoms with Crippen molar-refractivity contribution in [3.8, 4) is 17.2 Å². The van der Waals surface area contributed by atoms with Crippen molar-refractivity contribution in [3.63, 3.8) is 0 Å². The zero-order valence-corrected chi connectivity index (χ0v) is 22.3. The number of nitriles is 1. The van der Waals surface area contributed by atoms with Gasteiger partial charge in [-0.1, -0.05) is 26.0 Å². The number of pyridine rings is 1. The number of benzene rings is 1. The van der Waals surface area contributed by atoms with Gasteiger partial charge in [0.25, 0.3) is 0 Å². The average molecular weight is 510 g/mol. The summed E-state index contributed by atoms with van der Waals surface area (Å²) in [5.74, 6) is 2.04. The van der Waals surface area contributed by atoms with E-state index in [4.69, 9.17) is 15.2 Å². The monoisotopic (exact) mass is 509 g/mol. The maximum Gasteiger partial charge on any atom is 0.225 e. The molecule has 0 aliphatic carbocycles. The maximum atomic E-state index is 9.15. The topological polar surface area (TPSA) is 118 Å². The molecule has 4 aromatic rings. The van der Waals surface area contributed by atoms with Gasteiger partial charge in [0, 0.05) is 66.2 Å². The fraction of sp³-hybridized carbons (Fsp3) is 0.414. The summed E-state index contributed by atoms with van der Waals surface area (Å²) < 4.78 is 0. The van der Waals surface area contributed by atoms with Gasteiger partial charge < -0.3 is 10.6 Å². The lowest BCUT2D eigenvalue weighted by Crippen LogP contribution is -2.52. The molecule has 0 radical (unpaired) electrons. The van der Waals surface area contributed by atoms with Crippen LogP contribution in [-0.4, -0.2) is 54.7 Å². The first kappa shape index (κ1) is 25.6. The Labute approximate surface area is 223 Å². The Balaban J connectivity index is 1.48. The van der Waals surface area contributed by atoms with Crippen molar-refractivity contribution in [2.45, 2.75) is 71.0 Å². The minimum Gasteiger partial charge on any atom is -0.351 e. The number of likely N-dealkylation sites (tertiary alicyclic amines) is 1. The lowest BCUT2D eigenvalue weighted by atomic mass is 9.88. The number of aromatic nitrogens is 5. The number of H-pyrrole nitrogens is 1. The number of fused-ring (bicyclic) bond motifs is 1. The first-order valence-electron chi connectivity index (χ1n) is 13.5. The van der Waals surface area contributed by atoms with Crippen LogP contribution in [0.2, 0.25) is 0 Å². The number of anilines is 3. The molecule has 1 aromatic carbocycles. The standard InChI is InChI=1S/C29H35N9/c1-4-23-16-22(17-24(5-2)38(23)13-7-11-30)32-29-33-26-15-20(21-8-6-12-31-18-21)9-10-25(26)28(35-29)34-27-14-19(3)36-37-27/h6,8-10,12,14-15,18,22-24H,4-5,7,13,16-17H2,1-3H3,(H3,32,33,34,35,36,37). The molecule has 38 heavy (non-hydrogen) atoms. The highest BCUT2D eigenvalue weighted by Gasteiger charge is 2.34. The summed E-state index contributed by atoms with van der Waals surface area (Å²) in [6.07, 6.45) is 8.31. The van der Waals surface area contributed by atoms with Gasteiger partial charge in [0.15, 0.2) is 5.82 Å². The van der Waals surface area contributed by atoms with Crippen LogP contribution >= 0.6 is 0 Å². The third kappa shape index (κ3) is 5.60. The highest BCUT2D eigenvalue weighted by molar-refractivity contribution is 5.94. The fourth-order valence-corrected chi connectivity index (χ4v) is 5.57. The summed E-state index contributed by atoms with van der Waals surface area (Å²) >= 11 is 0. The second kappa shape index (κ2) is 11.6. The molecule has 4 heterocycles. The smallest absolute Gasteiger partial charge is 0.225 e. The van der Waals surface area contributed by atoms with E-state index in [0.29, 0.717) is 36.1 Å². The second-order valence-corrected chi connectivity index (χ2v) is 10.0. The van der Waals surface area contributed by atoms with Crippen LogP contribution < -0.4 is 10.6 Å². The Hall–Kier alpha value is -4.03. The van der Waals surface area contributed by atoms with Crippen molar-refractivity contribution in [2.24, 2.45) is 0 Å². The number of nitrogens with one attached hydrogen (secondary N) is 3. The van der Waals surface area contributed by atoms with E-state index < -0.39 is 0 Å². The number of hydrogen-bond acceptors (Lipinski definition) is 8. The van der Waals surface area contributed by atoms with Crippen molar-refractivity contribution >= 4 is 28.5 Å². The molecule has 5 rings (SSSR count). The fourth-order valence-electron chi connectivity index (χ4n) is 5.57. The third-order valence-electron chi connectivity index (χ3n) is 7.45. The minimum absolute atomic E-state index is 0.252. The molecule has 0 bridgehead atoms. The molecule has 196 valence electrons. The molecule has 2 atom stereocenters. The molecular formula is C29H35N9. The van der Waals surface area contributed by atoms with Crippen molar-refractivity contribution < 1.29 is 0 Å². The largest absolute Gasteiger partial charge is 0.351 e. The van der Waals surface area contributed by atoms with E-state index in [1.165, 1.54) is 0 Å². The van der Waals surface area contributed by atoms with Gasteiger partial charge >= 0.3 is 0 Å². The number of nitrogens with zero attached hydrogens (tertiary/aromatic N) is 6. The van der Waals surface area contributed by atoms with E-state index >= 15 is 0 Å². The molecule has 9 nitrogen and oxygen atoms in total. The number of hydrogen-bond donors (Lipinski definition) is 3. The lowest BCUT2D eigenvalue weighted by molar-refractivity contribution is 0.0734. The summed E-state index contributed by atoms with van der Waals surface area (Å²) in [6.45, 7) is 7.28. The van der Waals surface area contributed by atoms with Gasteiger partial charge in [-0.05, 0) is 56.4 Å². The number of piperidine rings is 1. The van der Waals surface area contributed by atoms with Gasteiger partial charge in [0.1, 0.15) is 5.82 Å². The van der Waals surface area contributed by atoms with E-state index in [0.717, 1.165) is 60.0 Å². The first-order valence-corrected chi connectivity index (χ1v) is 13.5. The van der Waals surface area contributed by atoms with Crippen LogP contribution in [0.15, 0.2) is 48.8 Å². The quantitative estimate of drug-likeness (QED) is 0.258. The van der Waals surface area contributed by atoms with Crippen LogP contribution in [0.5, 0.6) is 0 Å². The van der Waals surface area contributed by atoms with E-state index in [1.54, 1.807) is 6.20 Å². The van der Waals surface area contributed by atoms with Gasteiger partial charge in [-0.25, -0.2) is 4.98 Å². The second-order valence-electron chi connectivity index (χ2n) is 10.0. The Bertz CT molecular complexity index is 1390.